The van der Waals surface area contributed by atoms with E-state index in [4.69, 9.17) is 0 Å². The van der Waals surface area contributed by atoms with Gasteiger partial charge in [0.25, 0.3) is 0 Å². The molecule has 0 nitrogen and oxygen atoms in total. The lowest BCUT2D eigenvalue weighted by Gasteiger charge is -2.15. The molecule has 0 aromatic heterocycles. The Morgan fingerprint density at radius 1 is 0.762 bits per heavy atom. The van der Waals surface area contributed by atoms with Crippen molar-refractivity contribution in [1.29, 1.82) is 0 Å². The van der Waals surface area contributed by atoms with Crippen LogP contribution in [0.2, 0.25) is 0 Å². The average molecular weight is 412 g/mol. The van der Waals surface area contributed by atoms with Gasteiger partial charge in [0, 0.05) is 10.0 Å². The van der Waals surface area contributed by atoms with Crippen LogP contribution in [0.4, 0.5) is 8.78 Å². The zero-order valence-corrected chi connectivity index (χ0v) is 14.0. The van der Waals surface area contributed by atoms with E-state index in [1.54, 1.807) is 6.07 Å². The van der Waals surface area contributed by atoms with Crippen LogP contribution in [0.25, 0.3) is 10.8 Å². The second-order valence-corrected chi connectivity index (χ2v) is 6.46. The summed E-state index contributed by atoms with van der Waals surface area (Å²) in [4.78, 5) is -0.411. The molecule has 0 spiro atoms. The number of benzene rings is 3. The first kappa shape index (κ1) is 14.7. The third-order valence-corrected chi connectivity index (χ3v) is 5.11. The Morgan fingerprint density at radius 3 is 2.24 bits per heavy atom. The summed E-state index contributed by atoms with van der Waals surface area (Å²) in [5.41, 5.74) is 1.20. The van der Waals surface area contributed by atoms with Gasteiger partial charge in [-0.1, -0.05) is 74.3 Å². The molecular weight excluding hydrogens is 402 g/mol. The molecule has 3 rings (SSSR count). The molecule has 1 unspecified atom stereocenters. The van der Waals surface area contributed by atoms with Gasteiger partial charge in [-0.15, -0.1) is 0 Å². The highest BCUT2D eigenvalue weighted by atomic mass is 79.9. The molecule has 0 amide bonds. The number of alkyl halides is 1. The van der Waals surface area contributed by atoms with E-state index in [0.29, 0.717) is 5.56 Å². The Morgan fingerprint density at radius 2 is 1.48 bits per heavy atom. The zero-order chi connectivity index (χ0) is 15.0. The third kappa shape index (κ3) is 2.62. The first-order valence-corrected chi connectivity index (χ1v) is 8.05. The smallest absolute Gasteiger partial charge is 0.163 e. The topological polar surface area (TPSA) is 0 Å². The first-order chi connectivity index (χ1) is 10.1. The van der Waals surface area contributed by atoms with Gasteiger partial charge in [0.2, 0.25) is 0 Å². The summed E-state index contributed by atoms with van der Waals surface area (Å²) in [6.45, 7) is 0. The molecule has 21 heavy (non-hydrogen) atoms. The van der Waals surface area contributed by atoms with Crippen molar-refractivity contribution in [3.8, 4) is 0 Å². The van der Waals surface area contributed by atoms with Crippen LogP contribution in [0.5, 0.6) is 0 Å². The second kappa shape index (κ2) is 5.85. The summed E-state index contributed by atoms with van der Waals surface area (Å²) in [5, 5.41) is 2.04. The first-order valence-electron chi connectivity index (χ1n) is 6.34. The van der Waals surface area contributed by atoms with Crippen molar-refractivity contribution in [1.82, 2.24) is 0 Å². The molecule has 0 bridgehead atoms. The van der Waals surface area contributed by atoms with Gasteiger partial charge in [-0.25, -0.2) is 8.78 Å². The van der Waals surface area contributed by atoms with Crippen molar-refractivity contribution in [2.45, 2.75) is 4.83 Å². The van der Waals surface area contributed by atoms with E-state index in [0.717, 1.165) is 26.9 Å². The molecule has 0 N–H and O–H groups in total. The number of hydrogen-bond acceptors (Lipinski definition) is 0. The Balaban J connectivity index is 2.21. The molecule has 0 heterocycles. The summed E-state index contributed by atoms with van der Waals surface area (Å²) >= 11 is 7.02. The fourth-order valence-corrected chi connectivity index (χ4v) is 3.62. The Kier molecular flexibility index (Phi) is 4.09. The van der Waals surface area contributed by atoms with E-state index in [2.05, 4.69) is 31.9 Å². The monoisotopic (exact) mass is 410 g/mol. The highest BCUT2D eigenvalue weighted by Crippen LogP contribution is 2.38. The standard InChI is InChI=1S/C17H10Br2F2/c18-14-9-8-12(10-4-1-2-5-11(10)14)16(19)13-6-3-7-15(20)17(13)21/h1-9,16H. The van der Waals surface area contributed by atoms with Crippen molar-refractivity contribution >= 4 is 42.6 Å². The van der Waals surface area contributed by atoms with Crippen LogP contribution < -0.4 is 0 Å². The lowest BCUT2D eigenvalue weighted by atomic mass is 9.98. The molecule has 4 heteroatoms. The predicted molar refractivity (Wildman–Crippen MR) is 88.8 cm³/mol. The van der Waals surface area contributed by atoms with E-state index in [1.807, 2.05) is 36.4 Å². The maximum atomic E-state index is 14.0. The van der Waals surface area contributed by atoms with Crippen LogP contribution in [0, 0.1) is 11.6 Å². The molecular formula is C17H10Br2F2. The molecule has 0 aliphatic heterocycles. The Bertz CT molecular complexity index is 815. The van der Waals surface area contributed by atoms with Crippen molar-refractivity contribution in [2.24, 2.45) is 0 Å². The zero-order valence-electron chi connectivity index (χ0n) is 10.8. The van der Waals surface area contributed by atoms with E-state index >= 15 is 0 Å². The van der Waals surface area contributed by atoms with Crippen LogP contribution in [0.15, 0.2) is 59.1 Å². The highest BCUT2D eigenvalue weighted by molar-refractivity contribution is 9.10. The van der Waals surface area contributed by atoms with Gasteiger partial charge in [0.1, 0.15) is 0 Å². The van der Waals surface area contributed by atoms with E-state index in [-0.39, 0.29) is 0 Å². The molecule has 0 aliphatic carbocycles. The van der Waals surface area contributed by atoms with Gasteiger partial charge in [-0.05, 0) is 28.5 Å². The van der Waals surface area contributed by atoms with Gasteiger partial charge in [-0.2, -0.15) is 0 Å². The van der Waals surface area contributed by atoms with Crippen LogP contribution in [-0.4, -0.2) is 0 Å². The van der Waals surface area contributed by atoms with Crippen molar-refractivity contribution < 1.29 is 8.78 Å². The molecule has 1 atom stereocenters. The van der Waals surface area contributed by atoms with Gasteiger partial charge in [0.05, 0.1) is 4.83 Å². The van der Waals surface area contributed by atoms with Gasteiger partial charge >= 0.3 is 0 Å². The summed E-state index contributed by atoms with van der Waals surface area (Å²) < 4.78 is 28.4. The summed E-state index contributed by atoms with van der Waals surface area (Å²) in [5.74, 6) is -1.65. The van der Waals surface area contributed by atoms with E-state index in [9.17, 15) is 8.78 Å². The lowest BCUT2D eigenvalue weighted by molar-refractivity contribution is 0.500. The molecule has 0 radical (unpaired) electrons. The molecule has 3 aromatic rings. The van der Waals surface area contributed by atoms with Crippen LogP contribution in [-0.2, 0) is 0 Å². The Hall–Kier alpha value is -1.26. The van der Waals surface area contributed by atoms with Crippen molar-refractivity contribution in [3.05, 3.63) is 81.8 Å². The summed E-state index contributed by atoms with van der Waals surface area (Å²) in [6, 6.07) is 15.9. The molecule has 0 aliphatic rings. The predicted octanol–water partition coefficient (Wildman–Crippen LogP) is 6.36. The van der Waals surface area contributed by atoms with E-state index in [1.165, 1.54) is 6.07 Å². The van der Waals surface area contributed by atoms with Gasteiger partial charge in [0.15, 0.2) is 11.6 Å². The Labute approximate surface area is 138 Å². The van der Waals surface area contributed by atoms with Gasteiger partial charge in [-0.3, -0.25) is 0 Å². The normalized spacial score (nSPS) is 12.6. The third-order valence-electron chi connectivity index (χ3n) is 3.43. The summed E-state index contributed by atoms with van der Waals surface area (Å²) in [7, 11) is 0. The molecule has 3 aromatic carbocycles. The maximum absolute atomic E-state index is 14.0. The quantitative estimate of drug-likeness (QED) is 0.430. The minimum Gasteiger partial charge on any atom is -0.204 e. The molecule has 0 saturated heterocycles. The van der Waals surface area contributed by atoms with Crippen LogP contribution in [0.1, 0.15) is 16.0 Å². The number of hydrogen-bond donors (Lipinski definition) is 0. The largest absolute Gasteiger partial charge is 0.204 e. The minimum atomic E-state index is -0.835. The maximum Gasteiger partial charge on any atom is 0.163 e. The van der Waals surface area contributed by atoms with Crippen molar-refractivity contribution in [3.63, 3.8) is 0 Å². The fourth-order valence-electron chi connectivity index (χ4n) is 2.39. The SMILES string of the molecule is Fc1cccc(C(Br)c2ccc(Br)c3ccccc23)c1F. The van der Waals surface area contributed by atoms with E-state index < -0.39 is 16.5 Å². The lowest BCUT2D eigenvalue weighted by Crippen LogP contribution is -2.00. The van der Waals surface area contributed by atoms with Crippen molar-refractivity contribution in [2.75, 3.05) is 0 Å². The van der Waals surface area contributed by atoms with Gasteiger partial charge < -0.3 is 0 Å². The van der Waals surface area contributed by atoms with Crippen LogP contribution in [0.3, 0.4) is 0 Å². The number of rotatable bonds is 2. The highest BCUT2D eigenvalue weighted by Gasteiger charge is 2.19. The average Bonchev–Trinajstić information content (AvgIpc) is 2.50. The fraction of sp³-hybridized carbons (Fsp3) is 0.0588. The second-order valence-electron chi connectivity index (χ2n) is 4.69. The number of fused-ring (bicyclic) bond motifs is 1. The minimum absolute atomic E-state index is 0.294. The molecule has 0 saturated carbocycles. The molecule has 106 valence electrons. The molecule has 0 fully saturated rings. The number of halogens is 4. The van der Waals surface area contributed by atoms with Crippen LogP contribution >= 0.6 is 31.9 Å². The summed E-state index contributed by atoms with van der Waals surface area (Å²) in [6.07, 6.45) is 0.